The van der Waals surface area contributed by atoms with Gasteiger partial charge in [0, 0.05) is 34.4 Å². The smallest absolute Gasteiger partial charge is 0.251 e. The topological polar surface area (TPSA) is 55.4 Å². The third-order valence-electron chi connectivity index (χ3n) is 5.27. The van der Waals surface area contributed by atoms with Crippen molar-refractivity contribution in [3.63, 3.8) is 0 Å². The zero-order valence-corrected chi connectivity index (χ0v) is 19.4. The Bertz CT molecular complexity index is 1000. The molecule has 0 fully saturated rings. The van der Waals surface area contributed by atoms with E-state index in [1.807, 2.05) is 67.6 Å². The van der Waals surface area contributed by atoms with E-state index in [9.17, 15) is 9.00 Å². The minimum absolute atomic E-state index is 0.117. The summed E-state index contributed by atoms with van der Waals surface area (Å²) in [7, 11) is -0.860. The maximum atomic E-state index is 12.2. The lowest BCUT2D eigenvalue weighted by molar-refractivity contribution is 0.0956. The highest BCUT2D eigenvalue weighted by Gasteiger charge is 2.07. The molecule has 1 atom stereocenters. The van der Waals surface area contributed by atoms with Gasteiger partial charge in [0.1, 0.15) is 12.4 Å². The van der Waals surface area contributed by atoms with E-state index in [1.165, 1.54) is 11.1 Å². The van der Waals surface area contributed by atoms with Crippen LogP contribution in [0.1, 0.15) is 40.4 Å². The molecule has 0 saturated heterocycles. The summed E-state index contributed by atoms with van der Waals surface area (Å²) in [6.07, 6.45) is 2.87. The number of amides is 1. The average molecular weight is 450 g/mol. The number of para-hydroxylation sites is 1. The van der Waals surface area contributed by atoms with E-state index >= 15 is 0 Å². The molecule has 1 amide bonds. The number of carbonyl (C=O) groups is 1. The third-order valence-corrected chi connectivity index (χ3v) is 6.58. The van der Waals surface area contributed by atoms with Crippen molar-refractivity contribution in [3.8, 4) is 5.75 Å². The summed E-state index contributed by atoms with van der Waals surface area (Å²) in [6.45, 7) is 2.88. The molecule has 0 aliphatic carbocycles. The highest BCUT2D eigenvalue weighted by atomic mass is 32.2. The van der Waals surface area contributed by atoms with Crippen LogP contribution in [0.2, 0.25) is 0 Å². The fourth-order valence-electron chi connectivity index (χ4n) is 3.42. The standard InChI is InChI=1S/C27H31NO3S/c1-2-32(30)20-19-28-27(29)25-17-15-22(16-18-25)11-8-13-24-12-6-7-14-26(24)31-21-23-9-4-3-5-10-23/h3-7,9-10,12,14-18H,2,8,11,13,19-21H2,1H3,(H,28,29). The molecule has 0 heterocycles. The molecule has 0 radical (unpaired) electrons. The zero-order chi connectivity index (χ0) is 22.6. The molecule has 0 saturated carbocycles. The van der Waals surface area contributed by atoms with Gasteiger partial charge in [-0.2, -0.15) is 0 Å². The Morgan fingerprint density at radius 2 is 1.59 bits per heavy atom. The first-order valence-corrected chi connectivity index (χ1v) is 12.6. The number of ether oxygens (including phenoxy) is 1. The van der Waals surface area contributed by atoms with E-state index in [2.05, 4.69) is 23.5 Å². The Balaban J connectivity index is 1.46. The molecule has 3 aromatic carbocycles. The Kier molecular flexibility index (Phi) is 9.51. The van der Waals surface area contributed by atoms with Crippen LogP contribution in [0.5, 0.6) is 5.75 Å². The molecule has 5 heteroatoms. The molecule has 3 aromatic rings. The first-order chi connectivity index (χ1) is 15.7. The SMILES string of the molecule is CCS(=O)CCNC(=O)c1ccc(CCCc2ccccc2OCc2ccccc2)cc1. The van der Waals surface area contributed by atoms with Gasteiger partial charge >= 0.3 is 0 Å². The third kappa shape index (κ3) is 7.65. The van der Waals surface area contributed by atoms with E-state index in [4.69, 9.17) is 4.74 Å². The van der Waals surface area contributed by atoms with Gasteiger partial charge in [0.15, 0.2) is 0 Å². The van der Waals surface area contributed by atoms with Crippen LogP contribution < -0.4 is 10.1 Å². The molecule has 0 aromatic heterocycles. The largest absolute Gasteiger partial charge is 0.489 e. The van der Waals surface area contributed by atoms with Gasteiger partial charge in [-0.1, -0.05) is 67.6 Å². The summed E-state index contributed by atoms with van der Waals surface area (Å²) in [5, 5.41) is 2.83. The quantitative estimate of drug-likeness (QED) is 0.426. The van der Waals surface area contributed by atoms with Crippen LogP contribution in [0, 0.1) is 0 Å². The van der Waals surface area contributed by atoms with Gasteiger partial charge in [-0.25, -0.2) is 0 Å². The molecule has 168 valence electrons. The van der Waals surface area contributed by atoms with Crippen molar-refractivity contribution in [2.24, 2.45) is 0 Å². The molecule has 0 bridgehead atoms. The minimum Gasteiger partial charge on any atom is -0.489 e. The Labute approximate surface area is 193 Å². The summed E-state index contributed by atoms with van der Waals surface area (Å²) in [5.74, 6) is 1.94. The normalized spacial score (nSPS) is 11.7. The van der Waals surface area contributed by atoms with E-state index in [0.717, 1.165) is 30.6 Å². The second-order valence-electron chi connectivity index (χ2n) is 7.62. The van der Waals surface area contributed by atoms with E-state index in [1.54, 1.807) is 0 Å². The molecule has 1 unspecified atom stereocenters. The first-order valence-electron chi connectivity index (χ1n) is 11.1. The average Bonchev–Trinajstić information content (AvgIpc) is 2.84. The molecule has 0 aliphatic heterocycles. The van der Waals surface area contributed by atoms with Crippen molar-refractivity contribution in [2.45, 2.75) is 32.8 Å². The molecule has 4 nitrogen and oxygen atoms in total. The Hall–Kier alpha value is -2.92. The fraction of sp³-hybridized carbons (Fsp3) is 0.296. The van der Waals surface area contributed by atoms with Crippen LogP contribution in [0.4, 0.5) is 0 Å². The van der Waals surface area contributed by atoms with Crippen LogP contribution in [0.15, 0.2) is 78.9 Å². The Morgan fingerprint density at radius 1 is 0.875 bits per heavy atom. The predicted molar refractivity (Wildman–Crippen MR) is 132 cm³/mol. The van der Waals surface area contributed by atoms with Crippen molar-refractivity contribution < 1.29 is 13.7 Å². The van der Waals surface area contributed by atoms with Gasteiger partial charge in [-0.3, -0.25) is 9.00 Å². The monoisotopic (exact) mass is 449 g/mol. The summed E-state index contributed by atoms with van der Waals surface area (Å²) in [6, 6.07) is 26.1. The second kappa shape index (κ2) is 12.8. The van der Waals surface area contributed by atoms with Gasteiger partial charge in [0.05, 0.1) is 0 Å². The van der Waals surface area contributed by atoms with Gasteiger partial charge in [0.2, 0.25) is 0 Å². The lowest BCUT2D eigenvalue weighted by Crippen LogP contribution is -2.27. The second-order valence-corrected chi connectivity index (χ2v) is 9.49. The van der Waals surface area contributed by atoms with Crippen LogP contribution >= 0.6 is 0 Å². The van der Waals surface area contributed by atoms with Crippen molar-refractivity contribution in [1.82, 2.24) is 5.32 Å². The van der Waals surface area contributed by atoms with Gasteiger partial charge in [-0.15, -0.1) is 0 Å². The zero-order valence-electron chi connectivity index (χ0n) is 18.6. The summed E-state index contributed by atoms with van der Waals surface area (Å²) < 4.78 is 17.5. The van der Waals surface area contributed by atoms with Crippen molar-refractivity contribution in [3.05, 3.63) is 101 Å². The number of hydrogen-bond donors (Lipinski definition) is 1. The lowest BCUT2D eigenvalue weighted by atomic mass is 10.0. The molecule has 32 heavy (non-hydrogen) atoms. The Morgan fingerprint density at radius 3 is 2.34 bits per heavy atom. The molecule has 0 aliphatic rings. The van der Waals surface area contributed by atoms with Gasteiger partial charge in [-0.05, 0) is 54.2 Å². The molecule has 0 spiro atoms. The van der Waals surface area contributed by atoms with Crippen LogP contribution in [-0.2, 0) is 30.2 Å². The van der Waals surface area contributed by atoms with Crippen molar-refractivity contribution >= 4 is 16.7 Å². The van der Waals surface area contributed by atoms with Crippen LogP contribution in [0.3, 0.4) is 0 Å². The highest BCUT2D eigenvalue weighted by molar-refractivity contribution is 7.84. The van der Waals surface area contributed by atoms with Crippen molar-refractivity contribution in [2.75, 3.05) is 18.1 Å². The predicted octanol–water partition coefficient (Wildman–Crippen LogP) is 4.94. The molecular formula is C27H31NO3S. The maximum Gasteiger partial charge on any atom is 0.251 e. The fourth-order valence-corrected chi connectivity index (χ4v) is 4.04. The minimum atomic E-state index is -0.860. The number of rotatable bonds is 12. The molecule has 3 rings (SSSR count). The summed E-state index contributed by atoms with van der Waals surface area (Å²) >= 11 is 0. The summed E-state index contributed by atoms with van der Waals surface area (Å²) in [5.41, 5.74) is 4.21. The van der Waals surface area contributed by atoms with E-state index in [-0.39, 0.29) is 5.91 Å². The molecule has 1 N–H and O–H groups in total. The first kappa shape index (κ1) is 23.7. The lowest BCUT2D eigenvalue weighted by Gasteiger charge is -2.12. The number of hydrogen-bond acceptors (Lipinski definition) is 3. The maximum absolute atomic E-state index is 12.2. The van der Waals surface area contributed by atoms with Crippen LogP contribution in [0.25, 0.3) is 0 Å². The number of nitrogens with one attached hydrogen (secondary N) is 1. The van der Waals surface area contributed by atoms with Gasteiger partial charge < -0.3 is 10.1 Å². The van der Waals surface area contributed by atoms with Gasteiger partial charge in [0.25, 0.3) is 5.91 Å². The van der Waals surface area contributed by atoms with E-state index < -0.39 is 10.8 Å². The van der Waals surface area contributed by atoms with Crippen molar-refractivity contribution in [1.29, 1.82) is 0 Å². The number of aryl methyl sites for hydroxylation is 2. The van der Waals surface area contributed by atoms with E-state index in [0.29, 0.717) is 30.2 Å². The number of carbonyl (C=O) groups excluding carboxylic acids is 1. The molecular weight excluding hydrogens is 418 g/mol. The van der Waals surface area contributed by atoms with Crippen LogP contribution in [-0.4, -0.2) is 28.2 Å². The number of benzene rings is 3. The summed E-state index contributed by atoms with van der Waals surface area (Å²) in [4.78, 5) is 12.2. The highest BCUT2D eigenvalue weighted by Crippen LogP contribution is 2.22.